The molecular weight excluding hydrogens is 432 g/mol. The van der Waals surface area contributed by atoms with Crippen LogP contribution in [0.5, 0.6) is 5.75 Å². The van der Waals surface area contributed by atoms with Crippen molar-refractivity contribution >= 4 is 32.8 Å². The summed E-state index contributed by atoms with van der Waals surface area (Å²) in [6, 6.07) is 11.7. The van der Waals surface area contributed by atoms with Gasteiger partial charge in [-0.15, -0.1) is 5.10 Å². The topological polar surface area (TPSA) is 118 Å². The lowest BCUT2D eigenvalue weighted by atomic mass is 10.3. The van der Waals surface area contributed by atoms with E-state index in [9.17, 15) is 13.2 Å². The molecule has 0 spiro atoms. The number of sulfonamides is 1. The van der Waals surface area contributed by atoms with Gasteiger partial charge in [-0.05, 0) is 50.1 Å². The maximum Gasteiger partial charge on any atom is 0.319 e. The Morgan fingerprint density at radius 1 is 1.16 bits per heavy atom. The molecule has 0 radical (unpaired) electrons. The van der Waals surface area contributed by atoms with Crippen molar-refractivity contribution in [2.75, 3.05) is 31.6 Å². The Morgan fingerprint density at radius 3 is 2.72 bits per heavy atom. The summed E-state index contributed by atoms with van der Waals surface area (Å²) in [7, 11) is -3.51. The molecule has 1 aliphatic heterocycles. The minimum absolute atomic E-state index is 0.226. The lowest BCUT2D eigenvalue weighted by Crippen LogP contribution is -2.31. The zero-order valence-corrected chi connectivity index (χ0v) is 18.6. The molecule has 32 heavy (non-hydrogen) atoms. The third-order valence-corrected chi connectivity index (χ3v) is 7.13. The Hall–Kier alpha value is -3.18. The second-order valence-corrected chi connectivity index (χ2v) is 9.32. The molecule has 0 atom stereocenters. The third kappa shape index (κ3) is 4.68. The van der Waals surface area contributed by atoms with Crippen LogP contribution in [0.1, 0.15) is 19.8 Å². The van der Waals surface area contributed by atoms with E-state index in [2.05, 4.69) is 20.9 Å². The number of carbonyl (C=O) groups excluding carboxylic acids is 1. The molecule has 170 valence electrons. The van der Waals surface area contributed by atoms with Crippen molar-refractivity contribution in [3.05, 3.63) is 42.5 Å². The van der Waals surface area contributed by atoms with Crippen LogP contribution < -0.4 is 15.4 Å². The smallest absolute Gasteiger partial charge is 0.319 e. The van der Waals surface area contributed by atoms with Gasteiger partial charge >= 0.3 is 6.03 Å². The number of ether oxygens (including phenoxy) is 1. The van der Waals surface area contributed by atoms with Gasteiger partial charge in [0.1, 0.15) is 11.3 Å². The SMILES string of the molecule is CCOc1ccccc1NC(=O)NCCn1nnc2cc(S(=O)(=O)N3CCCC3)ccc21. The summed E-state index contributed by atoms with van der Waals surface area (Å²) < 4.78 is 34.2. The van der Waals surface area contributed by atoms with E-state index in [-0.39, 0.29) is 10.9 Å². The highest BCUT2D eigenvalue weighted by molar-refractivity contribution is 7.89. The number of fused-ring (bicyclic) bond motifs is 1. The predicted octanol–water partition coefficient (Wildman–Crippen LogP) is 2.44. The molecule has 1 aliphatic rings. The maximum absolute atomic E-state index is 12.8. The highest BCUT2D eigenvalue weighted by atomic mass is 32.2. The highest BCUT2D eigenvalue weighted by Crippen LogP contribution is 2.24. The second-order valence-electron chi connectivity index (χ2n) is 7.38. The Morgan fingerprint density at radius 2 is 1.94 bits per heavy atom. The van der Waals surface area contributed by atoms with Gasteiger partial charge in [0.15, 0.2) is 0 Å². The molecule has 0 saturated carbocycles. The fourth-order valence-electron chi connectivity index (χ4n) is 3.65. The van der Waals surface area contributed by atoms with Crippen LogP contribution in [0.2, 0.25) is 0 Å². The number of hydrogen-bond donors (Lipinski definition) is 2. The van der Waals surface area contributed by atoms with Crippen LogP contribution in [-0.2, 0) is 16.6 Å². The number of anilines is 1. The number of rotatable bonds is 8. The molecule has 1 saturated heterocycles. The van der Waals surface area contributed by atoms with E-state index < -0.39 is 10.0 Å². The van der Waals surface area contributed by atoms with Crippen LogP contribution >= 0.6 is 0 Å². The first-order valence-corrected chi connectivity index (χ1v) is 12.0. The number of aromatic nitrogens is 3. The highest BCUT2D eigenvalue weighted by Gasteiger charge is 2.27. The summed E-state index contributed by atoms with van der Waals surface area (Å²) in [5, 5.41) is 13.8. The molecule has 2 amide bonds. The Bertz CT molecular complexity index is 1200. The lowest BCUT2D eigenvalue weighted by molar-refractivity contribution is 0.251. The molecule has 0 bridgehead atoms. The van der Waals surface area contributed by atoms with Crippen LogP contribution in [-0.4, -0.2) is 60.0 Å². The maximum atomic E-state index is 12.8. The van der Waals surface area contributed by atoms with Crippen molar-refractivity contribution in [1.29, 1.82) is 0 Å². The fraction of sp³-hybridized carbons (Fsp3) is 0.381. The third-order valence-electron chi connectivity index (χ3n) is 5.23. The van der Waals surface area contributed by atoms with Crippen LogP contribution in [0.3, 0.4) is 0 Å². The number of carbonyl (C=O) groups is 1. The normalized spacial score (nSPS) is 14.5. The Labute approximate surface area is 186 Å². The summed E-state index contributed by atoms with van der Waals surface area (Å²) in [5.41, 5.74) is 1.79. The number of urea groups is 1. The molecule has 1 aromatic heterocycles. The van der Waals surface area contributed by atoms with Crippen molar-refractivity contribution in [3.8, 4) is 5.75 Å². The van der Waals surface area contributed by atoms with Gasteiger partial charge in [-0.1, -0.05) is 17.3 Å². The number of nitrogens with zero attached hydrogens (tertiary/aromatic N) is 4. The number of hydrogen-bond acceptors (Lipinski definition) is 6. The zero-order valence-electron chi connectivity index (χ0n) is 17.8. The summed E-state index contributed by atoms with van der Waals surface area (Å²) in [5.74, 6) is 0.604. The molecule has 3 aromatic rings. The van der Waals surface area contributed by atoms with Gasteiger partial charge in [0.25, 0.3) is 0 Å². The molecule has 11 heteroatoms. The van der Waals surface area contributed by atoms with E-state index in [1.54, 1.807) is 35.0 Å². The fourth-order valence-corrected chi connectivity index (χ4v) is 5.19. The molecular formula is C21H26N6O4S. The van der Waals surface area contributed by atoms with Gasteiger partial charge in [-0.25, -0.2) is 17.9 Å². The molecule has 1 fully saturated rings. The zero-order chi connectivity index (χ0) is 22.6. The van der Waals surface area contributed by atoms with Crippen LogP contribution in [0.15, 0.2) is 47.4 Å². The summed E-state index contributed by atoms with van der Waals surface area (Å²) >= 11 is 0. The van der Waals surface area contributed by atoms with Crippen LogP contribution in [0, 0.1) is 0 Å². The first-order valence-electron chi connectivity index (χ1n) is 10.6. The molecule has 0 aliphatic carbocycles. The van der Waals surface area contributed by atoms with E-state index in [1.165, 1.54) is 4.31 Å². The summed E-state index contributed by atoms with van der Waals surface area (Å²) in [4.78, 5) is 12.5. The van der Waals surface area contributed by atoms with E-state index >= 15 is 0 Å². The average molecular weight is 459 g/mol. The van der Waals surface area contributed by atoms with Crippen LogP contribution in [0.4, 0.5) is 10.5 Å². The number of para-hydroxylation sites is 2. The van der Waals surface area contributed by atoms with Crippen molar-refractivity contribution < 1.29 is 17.9 Å². The summed E-state index contributed by atoms with van der Waals surface area (Å²) in [6.07, 6.45) is 1.77. The van der Waals surface area contributed by atoms with E-state index in [4.69, 9.17) is 4.74 Å². The van der Waals surface area contributed by atoms with E-state index in [0.29, 0.717) is 55.3 Å². The molecule has 0 unspecified atom stereocenters. The molecule has 4 rings (SSSR count). The monoisotopic (exact) mass is 458 g/mol. The number of nitrogens with one attached hydrogen (secondary N) is 2. The van der Waals surface area contributed by atoms with Crippen molar-refractivity contribution in [3.63, 3.8) is 0 Å². The average Bonchev–Trinajstić information content (AvgIpc) is 3.46. The number of benzene rings is 2. The Balaban J connectivity index is 1.37. The lowest BCUT2D eigenvalue weighted by Gasteiger charge is -2.15. The quantitative estimate of drug-likeness (QED) is 0.535. The molecule has 10 nitrogen and oxygen atoms in total. The molecule has 2 aromatic carbocycles. The standard InChI is InChI=1S/C21H26N6O4S/c1-2-31-20-8-4-3-7-17(20)23-21(28)22-11-14-27-19-10-9-16(15-18(19)24-25-27)32(29,30)26-12-5-6-13-26/h3-4,7-10,15H,2,5-6,11-14H2,1H3,(H2,22,23,28). The van der Waals surface area contributed by atoms with Gasteiger partial charge < -0.3 is 15.4 Å². The minimum atomic E-state index is -3.51. The van der Waals surface area contributed by atoms with Crippen molar-refractivity contribution in [1.82, 2.24) is 24.6 Å². The number of amides is 2. The van der Waals surface area contributed by atoms with Gasteiger partial charge in [0, 0.05) is 19.6 Å². The van der Waals surface area contributed by atoms with Crippen molar-refractivity contribution in [2.24, 2.45) is 0 Å². The van der Waals surface area contributed by atoms with Gasteiger partial charge in [-0.3, -0.25) is 0 Å². The second kappa shape index (κ2) is 9.53. The molecule has 2 heterocycles. The molecule has 2 N–H and O–H groups in total. The Kier molecular flexibility index (Phi) is 6.56. The van der Waals surface area contributed by atoms with Gasteiger partial charge in [-0.2, -0.15) is 4.31 Å². The largest absolute Gasteiger partial charge is 0.492 e. The van der Waals surface area contributed by atoms with Gasteiger partial charge in [0.2, 0.25) is 10.0 Å². The van der Waals surface area contributed by atoms with Crippen molar-refractivity contribution in [2.45, 2.75) is 31.2 Å². The minimum Gasteiger partial charge on any atom is -0.492 e. The van der Waals surface area contributed by atoms with E-state index in [0.717, 1.165) is 12.8 Å². The van der Waals surface area contributed by atoms with Crippen LogP contribution in [0.25, 0.3) is 11.0 Å². The summed E-state index contributed by atoms with van der Waals surface area (Å²) in [6.45, 7) is 4.18. The van der Waals surface area contributed by atoms with E-state index in [1.807, 2.05) is 19.1 Å². The predicted molar refractivity (Wildman–Crippen MR) is 120 cm³/mol. The first-order chi connectivity index (χ1) is 15.5. The van der Waals surface area contributed by atoms with Gasteiger partial charge in [0.05, 0.1) is 29.3 Å². The first kappa shape index (κ1) is 22.0.